The summed E-state index contributed by atoms with van der Waals surface area (Å²) in [6, 6.07) is 16.7. The molecule has 0 bridgehead atoms. The molecular formula is C19H38O6S2. The van der Waals surface area contributed by atoms with Gasteiger partial charge in [0.25, 0.3) is 10.1 Å². The third kappa shape index (κ3) is 36.5. The highest BCUT2D eigenvalue weighted by molar-refractivity contribution is 7.85. The minimum atomic E-state index is -3.67. The van der Waals surface area contributed by atoms with Crippen LogP contribution in [0.2, 0.25) is 0 Å². The predicted molar refractivity (Wildman–Crippen MR) is 120 cm³/mol. The fourth-order valence-corrected chi connectivity index (χ4v) is 1.22. The number of rotatable bonds is 2. The molecule has 0 radical (unpaired) electrons. The van der Waals surface area contributed by atoms with Crippen LogP contribution in [0.4, 0.5) is 0 Å². The monoisotopic (exact) mass is 426 g/mol. The summed E-state index contributed by atoms with van der Waals surface area (Å²) in [6.45, 7) is 12.0. The lowest BCUT2D eigenvalue weighted by atomic mass is 10.1. The lowest BCUT2D eigenvalue weighted by Crippen LogP contribution is -1.88. The molecule has 0 heterocycles. The summed E-state index contributed by atoms with van der Waals surface area (Å²) >= 11 is 3.15. The standard InChI is InChI=1S/C10H8.3C2H6.2CH4O3S.CH4/c1-2-6-10-8-4-3-7-9(10)5-1;3*1-2;1-5(2,3)4;1-2-3-4-5;/h1-8H;3*1-2H3;1H3,(H,2,3,4);5H,1H3;1H4. The van der Waals surface area contributed by atoms with E-state index in [4.69, 9.17) is 4.55 Å². The molecule has 6 nitrogen and oxygen atoms in total. The quantitative estimate of drug-likeness (QED) is 0.190. The molecule has 27 heavy (non-hydrogen) atoms. The Morgan fingerprint density at radius 1 is 0.815 bits per heavy atom. The number of fused-ring (bicyclic) bond motifs is 1. The maximum absolute atomic E-state index is 9.19. The number of thiol groups is 1. The Hall–Kier alpha value is -1.16. The molecule has 0 spiro atoms. The number of benzene rings is 2. The average Bonchev–Trinajstić information content (AvgIpc) is 2.67. The van der Waals surface area contributed by atoms with Gasteiger partial charge in [-0.15, -0.1) is 4.33 Å². The fraction of sp³-hybridized carbons (Fsp3) is 0.474. The van der Waals surface area contributed by atoms with Gasteiger partial charge in [0.2, 0.25) is 0 Å². The summed E-state index contributed by atoms with van der Waals surface area (Å²) < 4.78 is 29.5. The van der Waals surface area contributed by atoms with Crippen LogP contribution >= 0.6 is 12.9 Å². The molecule has 0 fully saturated rings. The van der Waals surface area contributed by atoms with Crippen LogP contribution in [0.1, 0.15) is 49.0 Å². The van der Waals surface area contributed by atoms with Crippen molar-refractivity contribution in [2.45, 2.75) is 49.0 Å². The van der Waals surface area contributed by atoms with Crippen molar-refractivity contribution in [3.8, 4) is 0 Å². The summed E-state index contributed by atoms with van der Waals surface area (Å²) in [6.07, 6.45) is 0.715. The van der Waals surface area contributed by atoms with Gasteiger partial charge in [0, 0.05) is 12.9 Å². The minimum absolute atomic E-state index is 0. The van der Waals surface area contributed by atoms with Gasteiger partial charge in [-0.1, -0.05) is 103 Å². The van der Waals surface area contributed by atoms with Crippen molar-refractivity contribution >= 4 is 33.8 Å². The SMILES string of the molecule is C.CC.CC.CC.COOOS.CS(=O)(=O)O.c1ccc2ccccc2c1. The molecule has 0 aliphatic carbocycles. The molecule has 0 aromatic heterocycles. The summed E-state index contributed by atoms with van der Waals surface area (Å²) in [5.41, 5.74) is 0. The van der Waals surface area contributed by atoms with Gasteiger partial charge in [-0.3, -0.25) is 4.55 Å². The van der Waals surface area contributed by atoms with Crippen LogP contribution in [-0.4, -0.2) is 26.3 Å². The van der Waals surface area contributed by atoms with E-state index in [-0.39, 0.29) is 7.43 Å². The van der Waals surface area contributed by atoms with E-state index in [9.17, 15) is 8.42 Å². The Balaban J connectivity index is -0.0000000829. The first-order valence-electron chi connectivity index (χ1n) is 8.25. The van der Waals surface area contributed by atoms with Crippen molar-refractivity contribution in [1.29, 1.82) is 0 Å². The topological polar surface area (TPSA) is 82.1 Å². The van der Waals surface area contributed by atoms with Gasteiger partial charge in [-0.25, -0.2) is 4.89 Å². The first-order chi connectivity index (χ1) is 12.4. The molecule has 0 atom stereocenters. The smallest absolute Gasteiger partial charge is 0.261 e. The maximum atomic E-state index is 9.19. The minimum Gasteiger partial charge on any atom is -0.286 e. The maximum Gasteiger partial charge on any atom is 0.261 e. The van der Waals surface area contributed by atoms with Crippen LogP contribution in [-0.2, 0) is 24.4 Å². The Labute approximate surface area is 172 Å². The van der Waals surface area contributed by atoms with Crippen molar-refractivity contribution in [1.82, 2.24) is 0 Å². The lowest BCUT2D eigenvalue weighted by Gasteiger charge is -1.92. The highest BCUT2D eigenvalue weighted by Crippen LogP contribution is 2.11. The lowest BCUT2D eigenvalue weighted by molar-refractivity contribution is -0.446. The first-order valence-corrected chi connectivity index (χ1v) is 10.5. The van der Waals surface area contributed by atoms with E-state index in [0.717, 1.165) is 0 Å². The molecule has 8 heteroatoms. The van der Waals surface area contributed by atoms with Crippen LogP contribution in [0.15, 0.2) is 48.5 Å². The Morgan fingerprint density at radius 2 is 1.04 bits per heavy atom. The number of hydrogen-bond donors (Lipinski definition) is 2. The highest BCUT2D eigenvalue weighted by atomic mass is 32.2. The third-order valence-electron chi connectivity index (χ3n) is 1.76. The second-order valence-electron chi connectivity index (χ2n) is 3.39. The molecule has 2 aromatic rings. The van der Waals surface area contributed by atoms with E-state index >= 15 is 0 Å². The van der Waals surface area contributed by atoms with E-state index < -0.39 is 10.1 Å². The normalized spacial score (nSPS) is 8.07. The second-order valence-corrected chi connectivity index (χ2v) is 5.00. The van der Waals surface area contributed by atoms with Crippen molar-refractivity contribution in [3.05, 3.63) is 48.5 Å². The average molecular weight is 427 g/mol. The summed E-state index contributed by atoms with van der Waals surface area (Å²) in [7, 11) is -2.35. The van der Waals surface area contributed by atoms with Gasteiger partial charge in [0.1, 0.15) is 0 Å². The predicted octanol–water partition coefficient (Wildman–Crippen LogP) is 6.40. The molecule has 0 saturated heterocycles. The summed E-state index contributed by atoms with van der Waals surface area (Å²) in [4.78, 5) is 3.89. The van der Waals surface area contributed by atoms with Crippen molar-refractivity contribution in [2.75, 3.05) is 13.4 Å². The number of hydrogen-bond acceptors (Lipinski definition) is 6. The fourth-order valence-electron chi connectivity index (χ4n) is 1.16. The first kappa shape index (κ1) is 36.7. The van der Waals surface area contributed by atoms with E-state index in [1.165, 1.54) is 17.9 Å². The largest absolute Gasteiger partial charge is 0.286 e. The molecule has 0 aliphatic rings. The van der Waals surface area contributed by atoms with Gasteiger partial charge in [-0.2, -0.15) is 8.42 Å². The summed E-state index contributed by atoms with van der Waals surface area (Å²) in [5.74, 6) is 0. The molecule has 1 N–H and O–H groups in total. The van der Waals surface area contributed by atoms with Crippen LogP contribution in [0.25, 0.3) is 10.8 Å². The van der Waals surface area contributed by atoms with Crippen molar-refractivity contribution in [2.24, 2.45) is 0 Å². The molecule has 0 aliphatic heterocycles. The summed E-state index contributed by atoms with van der Waals surface area (Å²) in [5, 5.41) is 6.32. The van der Waals surface area contributed by atoms with Gasteiger partial charge in [0.05, 0.1) is 13.4 Å². The van der Waals surface area contributed by atoms with Gasteiger partial charge in [-0.05, 0) is 10.8 Å². The molecule has 0 amide bonds. The van der Waals surface area contributed by atoms with Crippen LogP contribution in [0.3, 0.4) is 0 Å². The van der Waals surface area contributed by atoms with E-state index in [1.54, 1.807) is 0 Å². The van der Waals surface area contributed by atoms with Gasteiger partial charge >= 0.3 is 0 Å². The van der Waals surface area contributed by atoms with E-state index in [1.807, 2.05) is 41.5 Å². The van der Waals surface area contributed by atoms with Gasteiger partial charge < -0.3 is 0 Å². The Kier molecular flexibility index (Phi) is 40.2. The van der Waals surface area contributed by atoms with Crippen LogP contribution in [0.5, 0.6) is 0 Å². The Morgan fingerprint density at radius 3 is 1.15 bits per heavy atom. The second kappa shape index (κ2) is 29.6. The van der Waals surface area contributed by atoms with Crippen LogP contribution in [0, 0.1) is 0 Å². The Bertz CT molecular complexity index is 514. The zero-order chi connectivity index (χ0) is 21.4. The van der Waals surface area contributed by atoms with Crippen LogP contribution < -0.4 is 0 Å². The molecule has 2 rings (SSSR count). The molecule has 162 valence electrons. The molecule has 0 saturated carbocycles. The molecule has 0 unspecified atom stereocenters. The van der Waals surface area contributed by atoms with Gasteiger partial charge in [0.15, 0.2) is 0 Å². The van der Waals surface area contributed by atoms with E-state index in [2.05, 4.69) is 75.7 Å². The zero-order valence-electron chi connectivity index (χ0n) is 17.0. The third-order valence-corrected chi connectivity index (χ3v) is 1.82. The van der Waals surface area contributed by atoms with E-state index in [0.29, 0.717) is 6.26 Å². The molecular weight excluding hydrogens is 388 g/mol. The molecule has 2 aromatic carbocycles. The van der Waals surface area contributed by atoms with Crippen molar-refractivity contribution in [3.63, 3.8) is 0 Å². The highest BCUT2D eigenvalue weighted by Gasteiger charge is 1.85. The van der Waals surface area contributed by atoms with Crippen molar-refractivity contribution < 1.29 is 27.2 Å². The zero-order valence-corrected chi connectivity index (χ0v) is 18.7.